The maximum atomic E-state index is 11.2. The number of benzene rings is 2. The normalized spacial score (nSPS) is 11.5. The SMILES string of the molecule is COc1cc(/C=C(\CC(=O)[O-])c2nc3ccccc3s2)cc(OC)c1. The Morgan fingerprint density at radius 1 is 1.16 bits per heavy atom. The number of aliphatic carboxylic acids is 1. The largest absolute Gasteiger partial charge is 0.550 e. The van der Waals surface area contributed by atoms with Gasteiger partial charge in [0.25, 0.3) is 0 Å². The lowest BCUT2D eigenvalue weighted by Gasteiger charge is -2.09. The Morgan fingerprint density at radius 3 is 2.44 bits per heavy atom. The van der Waals surface area contributed by atoms with E-state index in [9.17, 15) is 9.90 Å². The molecular weight excluding hydrogens is 338 g/mol. The van der Waals surface area contributed by atoms with Crippen molar-refractivity contribution in [1.82, 2.24) is 4.98 Å². The quantitative estimate of drug-likeness (QED) is 0.680. The van der Waals surface area contributed by atoms with Gasteiger partial charge in [-0.25, -0.2) is 4.98 Å². The molecule has 0 aliphatic carbocycles. The second-order valence-corrected chi connectivity index (χ2v) is 6.38. The van der Waals surface area contributed by atoms with Crippen LogP contribution in [0.2, 0.25) is 0 Å². The molecule has 6 heteroatoms. The van der Waals surface area contributed by atoms with Gasteiger partial charge in [-0.05, 0) is 41.5 Å². The standard InChI is InChI=1S/C19H17NO4S/c1-23-14-8-12(9-15(11-14)24-2)7-13(10-18(21)22)19-20-16-5-3-4-6-17(16)25-19/h3-9,11H,10H2,1-2H3,(H,21,22)/p-1/b13-7+. The van der Waals surface area contributed by atoms with Crippen LogP contribution in [-0.2, 0) is 4.79 Å². The van der Waals surface area contributed by atoms with Crippen LogP contribution in [0.5, 0.6) is 11.5 Å². The van der Waals surface area contributed by atoms with Gasteiger partial charge in [0, 0.05) is 18.5 Å². The molecule has 0 fully saturated rings. The Hall–Kier alpha value is -2.86. The summed E-state index contributed by atoms with van der Waals surface area (Å²) < 4.78 is 11.5. The van der Waals surface area contributed by atoms with Crippen LogP contribution in [-0.4, -0.2) is 25.2 Å². The van der Waals surface area contributed by atoms with E-state index in [-0.39, 0.29) is 6.42 Å². The molecule has 0 bridgehead atoms. The van der Waals surface area contributed by atoms with Gasteiger partial charge in [-0.15, -0.1) is 11.3 Å². The zero-order valence-electron chi connectivity index (χ0n) is 13.8. The molecule has 5 nitrogen and oxygen atoms in total. The lowest BCUT2D eigenvalue weighted by molar-refractivity contribution is -0.304. The second-order valence-electron chi connectivity index (χ2n) is 5.35. The first-order valence-electron chi connectivity index (χ1n) is 7.58. The highest BCUT2D eigenvalue weighted by Crippen LogP contribution is 2.31. The molecule has 0 aliphatic rings. The molecule has 0 spiro atoms. The van der Waals surface area contributed by atoms with Gasteiger partial charge in [-0.3, -0.25) is 0 Å². The van der Waals surface area contributed by atoms with Crippen molar-refractivity contribution in [3.8, 4) is 11.5 Å². The van der Waals surface area contributed by atoms with E-state index in [1.54, 1.807) is 26.4 Å². The Bertz CT molecular complexity index is 890. The topological polar surface area (TPSA) is 71.5 Å². The molecule has 1 aromatic heterocycles. The number of thiazole rings is 1. The highest BCUT2D eigenvalue weighted by Gasteiger charge is 2.10. The fraction of sp³-hybridized carbons (Fsp3) is 0.158. The van der Waals surface area contributed by atoms with Crippen LogP contribution in [0.25, 0.3) is 21.9 Å². The Kier molecular flexibility index (Phi) is 5.00. The molecule has 3 rings (SSSR count). The first kappa shape index (κ1) is 17.0. The molecule has 25 heavy (non-hydrogen) atoms. The van der Waals surface area contributed by atoms with Gasteiger partial charge in [0.1, 0.15) is 16.5 Å². The van der Waals surface area contributed by atoms with Crippen molar-refractivity contribution in [2.24, 2.45) is 0 Å². The van der Waals surface area contributed by atoms with E-state index >= 15 is 0 Å². The average Bonchev–Trinajstić information content (AvgIpc) is 3.04. The van der Waals surface area contributed by atoms with E-state index < -0.39 is 5.97 Å². The van der Waals surface area contributed by atoms with Gasteiger partial charge in [0.15, 0.2) is 0 Å². The number of ether oxygens (including phenoxy) is 2. The van der Waals surface area contributed by atoms with E-state index in [2.05, 4.69) is 4.98 Å². The van der Waals surface area contributed by atoms with Crippen molar-refractivity contribution in [2.45, 2.75) is 6.42 Å². The predicted molar refractivity (Wildman–Crippen MR) is 96.7 cm³/mol. The van der Waals surface area contributed by atoms with Crippen LogP contribution < -0.4 is 14.6 Å². The van der Waals surface area contributed by atoms with E-state index in [1.165, 1.54) is 11.3 Å². The number of carboxylic acid groups (broad SMARTS) is 1. The number of carbonyl (C=O) groups excluding carboxylic acids is 1. The highest BCUT2D eigenvalue weighted by atomic mass is 32.1. The molecule has 0 aliphatic heterocycles. The summed E-state index contributed by atoms with van der Waals surface area (Å²) in [6.45, 7) is 0. The number of carboxylic acids is 1. The van der Waals surface area contributed by atoms with Crippen molar-refractivity contribution < 1.29 is 19.4 Å². The number of hydrogen-bond acceptors (Lipinski definition) is 6. The third-order valence-corrected chi connectivity index (χ3v) is 4.73. The van der Waals surface area contributed by atoms with Crippen molar-refractivity contribution in [3.63, 3.8) is 0 Å². The summed E-state index contributed by atoms with van der Waals surface area (Å²) in [5, 5.41) is 11.9. The number of methoxy groups -OCH3 is 2. The number of carbonyl (C=O) groups is 1. The van der Waals surface area contributed by atoms with Gasteiger partial charge >= 0.3 is 0 Å². The molecule has 0 saturated carbocycles. The number of rotatable bonds is 6. The van der Waals surface area contributed by atoms with Crippen molar-refractivity contribution >= 4 is 39.2 Å². The molecule has 0 unspecified atom stereocenters. The van der Waals surface area contributed by atoms with Crippen LogP contribution in [0.3, 0.4) is 0 Å². The minimum atomic E-state index is -1.15. The van der Waals surface area contributed by atoms with Gasteiger partial charge in [-0.1, -0.05) is 12.1 Å². The Labute approximate surface area is 149 Å². The zero-order valence-corrected chi connectivity index (χ0v) is 14.6. The molecular formula is C19H16NO4S-. The van der Waals surface area contributed by atoms with E-state index in [4.69, 9.17) is 9.47 Å². The summed E-state index contributed by atoms with van der Waals surface area (Å²) in [6.07, 6.45) is 1.55. The molecule has 0 saturated heterocycles. The molecule has 1 heterocycles. The Morgan fingerprint density at radius 2 is 1.84 bits per heavy atom. The van der Waals surface area contributed by atoms with Crippen LogP contribution in [0.15, 0.2) is 42.5 Å². The smallest absolute Gasteiger partial charge is 0.123 e. The average molecular weight is 354 g/mol. The third kappa shape index (κ3) is 3.97. The highest BCUT2D eigenvalue weighted by molar-refractivity contribution is 7.19. The number of nitrogens with zero attached hydrogens (tertiary/aromatic N) is 1. The molecule has 3 aromatic rings. The van der Waals surface area contributed by atoms with Crippen molar-refractivity contribution in [1.29, 1.82) is 0 Å². The first-order valence-corrected chi connectivity index (χ1v) is 8.40. The summed E-state index contributed by atoms with van der Waals surface area (Å²) in [5.41, 5.74) is 2.19. The summed E-state index contributed by atoms with van der Waals surface area (Å²) in [5.74, 6) is 0.103. The lowest BCUT2D eigenvalue weighted by Crippen LogP contribution is -2.22. The fourth-order valence-electron chi connectivity index (χ4n) is 2.47. The molecule has 0 radical (unpaired) electrons. The maximum Gasteiger partial charge on any atom is 0.123 e. The van der Waals surface area contributed by atoms with Gasteiger partial charge in [-0.2, -0.15) is 0 Å². The van der Waals surface area contributed by atoms with Crippen LogP contribution in [0.4, 0.5) is 0 Å². The minimum Gasteiger partial charge on any atom is -0.550 e. The summed E-state index contributed by atoms with van der Waals surface area (Å²) in [7, 11) is 3.13. The molecule has 0 atom stereocenters. The van der Waals surface area contributed by atoms with Gasteiger partial charge < -0.3 is 19.4 Å². The lowest BCUT2D eigenvalue weighted by atomic mass is 10.1. The molecule has 128 valence electrons. The number of aromatic nitrogens is 1. The van der Waals surface area contributed by atoms with E-state index in [0.717, 1.165) is 15.8 Å². The molecule has 2 aromatic carbocycles. The monoisotopic (exact) mass is 354 g/mol. The maximum absolute atomic E-state index is 11.2. The fourth-order valence-corrected chi connectivity index (χ4v) is 3.45. The number of para-hydroxylation sites is 1. The number of hydrogen-bond donors (Lipinski definition) is 0. The van der Waals surface area contributed by atoms with E-state index in [1.807, 2.05) is 36.4 Å². The first-order chi connectivity index (χ1) is 12.1. The number of fused-ring (bicyclic) bond motifs is 1. The molecule has 0 amide bonds. The summed E-state index contributed by atoms with van der Waals surface area (Å²) >= 11 is 1.45. The molecule has 0 N–H and O–H groups in total. The van der Waals surface area contributed by atoms with Crippen molar-refractivity contribution in [2.75, 3.05) is 14.2 Å². The van der Waals surface area contributed by atoms with E-state index in [0.29, 0.717) is 22.1 Å². The summed E-state index contributed by atoms with van der Waals surface area (Å²) in [4.78, 5) is 15.8. The van der Waals surface area contributed by atoms with Gasteiger partial charge in [0.2, 0.25) is 0 Å². The third-order valence-electron chi connectivity index (χ3n) is 3.62. The predicted octanol–water partition coefficient (Wildman–Crippen LogP) is 2.99. The van der Waals surface area contributed by atoms with Crippen molar-refractivity contribution in [3.05, 3.63) is 53.0 Å². The zero-order chi connectivity index (χ0) is 17.8. The van der Waals surface area contributed by atoms with Gasteiger partial charge in [0.05, 0.1) is 24.4 Å². The van der Waals surface area contributed by atoms with Crippen LogP contribution in [0, 0.1) is 0 Å². The van der Waals surface area contributed by atoms with Crippen LogP contribution in [0.1, 0.15) is 17.0 Å². The summed E-state index contributed by atoms with van der Waals surface area (Å²) in [6, 6.07) is 13.1. The Balaban J connectivity index is 2.09. The van der Waals surface area contributed by atoms with Crippen LogP contribution >= 0.6 is 11.3 Å². The second kappa shape index (κ2) is 7.36. The minimum absolute atomic E-state index is 0.223.